The molecule has 0 unspecified atom stereocenters. The van der Waals surface area contributed by atoms with E-state index in [4.69, 9.17) is 5.73 Å². The lowest BCUT2D eigenvalue weighted by molar-refractivity contribution is 0.151. The first-order valence-corrected chi connectivity index (χ1v) is 5.29. The monoisotopic (exact) mass is 242 g/mol. The van der Waals surface area contributed by atoms with E-state index in [1.54, 1.807) is 0 Å². The van der Waals surface area contributed by atoms with Crippen molar-refractivity contribution in [2.75, 3.05) is 13.1 Å². The number of nitrogens with zero attached hydrogens (tertiary/aromatic N) is 1. The molecule has 0 aliphatic heterocycles. The van der Waals surface area contributed by atoms with E-state index in [0.29, 0.717) is 12.1 Å². The van der Waals surface area contributed by atoms with Gasteiger partial charge in [0.2, 0.25) is 0 Å². The van der Waals surface area contributed by atoms with Crippen molar-refractivity contribution in [3.8, 4) is 0 Å². The molecule has 0 radical (unpaired) electrons. The van der Waals surface area contributed by atoms with Crippen LogP contribution in [0.25, 0.3) is 0 Å². The van der Waals surface area contributed by atoms with Crippen molar-refractivity contribution in [1.29, 1.82) is 0 Å². The second-order valence-corrected chi connectivity index (χ2v) is 3.74. The average molecular weight is 243 g/mol. The number of nitrogens with two attached hydrogens (primary N) is 1. The molecule has 0 saturated heterocycles. The van der Waals surface area contributed by atoms with Crippen molar-refractivity contribution < 1.29 is 0 Å². The van der Waals surface area contributed by atoms with Crippen molar-refractivity contribution in [3.05, 3.63) is 0 Å². The molecule has 1 fully saturated rings. The summed E-state index contributed by atoms with van der Waals surface area (Å²) in [7, 11) is 0. The molecule has 2 nitrogen and oxygen atoms in total. The number of hydrogen-bond donors (Lipinski definition) is 1. The Bertz CT molecular complexity index is 129. The highest BCUT2D eigenvalue weighted by Gasteiger charge is 2.25. The fraction of sp³-hybridized carbons (Fsp3) is 1.00. The second kappa shape index (κ2) is 8.78. The van der Waals surface area contributed by atoms with Gasteiger partial charge in [0, 0.05) is 12.1 Å². The SMILES string of the molecule is CCN(CC)[C@@H]1CCCC[C@H]1N.Cl.Cl. The number of halogens is 2. The van der Waals surface area contributed by atoms with E-state index >= 15 is 0 Å². The first-order valence-electron chi connectivity index (χ1n) is 5.29. The lowest BCUT2D eigenvalue weighted by Gasteiger charge is -2.37. The van der Waals surface area contributed by atoms with Gasteiger partial charge >= 0.3 is 0 Å². The summed E-state index contributed by atoms with van der Waals surface area (Å²) < 4.78 is 0. The van der Waals surface area contributed by atoms with E-state index in [1.165, 1.54) is 25.7 Å². The van der Waals surface area contributed by atoms with Crippen LogP contribution in [0.5, 0.6) is 0 Å². The van der Waals surface area contributed by atoms with Gasteiger partial charge in [-0.05, 0) is 25.9 Å². The van der Waals surface area contributed by atoms with Gasteiger partial charge in [0.15, 0.2) is 0 Å². The highest BCUT2D eigenvalue weighted by Crippen LogP contribution is 2.21. The summed E-state index contributed by atoms with van der Waals surface area (Å²) in [5.74, 6) is 0. The third-order valence-corrected chi connectivity index (χ3v) is 3.06. The van der Waals surface area contributed by atoms with E-state index < -0.39 is 0 Å². The number of likely N-dealkylation sites (N-methyl/N-ethyl adjacent to an activating group) is 1. The van der Waals surface area contributed by atoms with E-state index in [-0.39, 0.29) is 24.8 Å². The molecule has 1 aliphatic carbocycles. The van der Waals surface area contributed by atoms with E-state index in [0.717, 1.165) is 13.1 Å². The molecule has 2 N–H and O–H groups in total. The molecule has 2 atom stereocenters. The summed E-state index contributed by atoms with van der Waals surface area (Å²) in [6.07, 6.45) is 5.23. The minimum Gasteiger partial charge on any atom is -0.326 e. The lowest BCUT2D eigenvalue weighted by atomic mass is 9.90. The van der Waals surface area contributed by atoms with Crippen molar-refractivity contribution in [2.24, 2.45) is 5.73 Å². The molecule has 0 aromatic heterocycles. The van der Waals surface area contributed by atoms with E-state index in [9.17, 15) is 0 Å². The molecule has 1 saturated carbocycles. The van der Waals surface area contributed by atoms with Gasteiger partial charge in [-0.3, -0.25) is 4.90 Å². The molecule has 1 aliphatic rings. The normalized spacial score (nSPS) is 26.6. The maximum Gasteiger partial charge on any atom is 0.0246 e. The zero-order chi connectivity index (χ0) is 8.97. The summed E-state index contributed by atoms with van der Waals surface area (Å²) in [5, 5.41) is 0. The van der Waals surface area contributed by atoms with Gasteiger partial charge < -0.3 is 5.73 Å². The molecule has 88 valence electrons. The van der Waals surface area contributed by atoms with Crippen molar-refractivity contribution >= 4 is 24.8 Å². The molecule has 4 heteroatoms. The maximum absolute atomic E-state index is 6.09. The Labute approximate surface area is 100 Å². The van der Waals surface area contributed by atoms with Crippen LogP contribution in [0.3, 0.4) is 0 Å². The summed E-state index contributed by atoms with van der Waals surface area (Å²) in [4.78, 5) is 2.50. The molecule has 0 aromatic carbocycles. The van der Waals surface area contributed by atoms with Crippen LogP contribution in [-0.4, -0.2) is 30.1 Å². The van der Waals surface area contributed by atoms with Gasteiger partial charge in [-0.25, -0.2) is 0 Å². The second-order valence-electron chi connectivity index (χ2n) is 3.74. The fourth-order valence-electron chi connectivity index (χ4n) is 2.29. The average Bonchev–Trinajstić information content (AvgIpc) is 2.10. The van der Waals surface area contributed by atoms with E-state index in [2.05, 4.69) is 18.7 Å². The van der Waals surface area contributed by atoms with Crippen LogP contribution in [0.2, 0.25) is 0 Å². The van der Waals surface area contributed by atoms with Crippen LogP contribution < -0.4 is 5.73 Å². The zero-order valence-electron chi connectivity index (χ0n) is 9.24. The molecular formula is C10H24Cl2N2. The van der Waals surface area contributed by atoms with Gasteiger partial charge in [0.25, 0.3) is 0 Å². The van der Waals surface area contributed by atoms with Crippen molar-refractivity contribution in [1.82, 2.24) is 4.90 Å². The Morgan fingerprint density at radius 3 is 2.00 bits per heavy atom. The Morgan fingerprint density at radius 1 is 1.07 bits per heavy atom. The molecule has 0 spiro atoms. The molecule has 0 amide bonds. The van der Waals surface area contributed by atoms with Crippen molar-refractivity contribution in [3.63, 3.8) is 0 Å². The lowest BCUT2D eigenvalue weighted by Crippen LogP contribution is -2.49. The Hall–Kier alpha value is 0.500. The summed E-state index contributed by atoms with van der Waals surface area (Å²) in [6.45, 7) is 6.75. The van der Waals surface area contributed by atoms with Crippen LogP contribution in [0, 0.1) is 0 Å². The minimum absolute atomic E-state index is 0. The first kappa shape index (κ1) is 16.9. The quantitative estimate of drug-likeness (QED) is 0.824. The third kappa shape index (κ3) is 4.35. The summed E-state index contributed by atoms with van der Waals surface area (Å²) in [6, 6.07) is 1.09. The molecule has 14 heavy (non-hydrogen) atoms. The topological polar surface area (TPSA) is 29.3 Å². The molecule has 0 bridgehead atoms. The van der Waals surface area contributed by atoms with Crippen molar-refractivity contribution in [2.45, 2.75) is 51.6 Å². The highest BCUT2D eigenvalue weighted by atomic mass is 35.5. The predicted octanol–water partition coefficient (Wildman–Crippen LogP) is 2.44. The van der Waals surface area contributed by atoms with Gasteiger partial charge in [-0.15, -0.1) is 24.8 Å². The minimum atomic E-state index is 0. The van der Waals surface area contributed by atoms with Gasteiger partial charge in [0.1, 0.15) is 0 Å². The van der Waals surface area contributed by atoms with Crippen LogP contribution >= 0.6 is 24.8 Å². The highest BCUT2D eigenvalue weighted by molar-refractivity contribution is 5.85. The molecule has 0 aromatic rings. The number of rotatable bonds is 3. The van der Waals surface area contributed by atoms with Crippen LogP contribution in [-0.2, 0) is 0 Å². The summed E-state index contributed by atoms with van der Waals surface area (Å²) in [5.41, 5.74) is 6.09. The Balaban J connectivity index is 0. The third-order valence-electron chi connectivity index (χ3n) is 3.06. The number of hydrogen-bond acceptors (Lipinski definition) is 2. The summed E-state index contributed by atoms with van der Waals surface area (Å²) >= 11 is 0. The van der Waals surface area contributed by atoms with Gasteiger partial charge in [0.05, 0.1) is 0 Å². The standard InChI is InChI=1S/C10H22N2.2ClH/c1-3-12(4-2)10-8-6-5-7-9(10)11;;/h9-10H,3-8,11H2,1-2H3;2*1H/t9-,10-;;/m1../s1. The molecule has 1 rings (SSSR count). The van der Waals surface area contributed by atoms with E-state index in [1.807, 2.05) is 0 Å². The fourth-order valence-corrected chi connectivity index (χ4v) is 2.29. The zero-order valence-corrected chi connectivity index (χ0v) is 10.9. The van der Waals surface area contributed by atoms with Crippen LogP contribution in [0.1, 0.15) is 39.5 Å². The largest absolute Gasteiger partial charge is 0.326 e. The molecular weight excluding hydrogens is 219 g/mol. The Morgan fingerprint density at radius 2 is 1.57 bits per heavy atom. The van der Waals surface area contributed by atoms with Gasteiger partial charge in [-0.2, -0.15) is 0 Å². The molecule has 0 heterocycles. The maximum atomic E-state index is 6.09. The van der Waals surface area contributed by atoms with Gasteiger partial charge in [-0.1, -0.05) is 26.7 Å². The predicted molar refractivity (Wildman–Crippen MR) is 67.6 cm³/mol. The Kier molecular flexibility index (Phi) is 10.6. The van der Waals surface area contributed by atoms with Crippen LogP contribution in [0.15, 0.2) is 0 Å². The smallest absolute Gasteiger partial charge is 0.0246 e. The van der Waals surface area contributed by atoms with Crippen LogP contribution in [0.4, 0.5) is 0 Å². The first-order chi connectivity index (χ1) is 5.79.